The van der Waals surface area contributed by atoms with Crippen LogP contribution in [0.5, 0.6) is 0 Å². The molecule has 0 unspecified atom stereocenters. The largest absolute Gasteiger partial charge is 0.357 e. The highest BCUT2D eigenvalue weighted by Gasteiger charge is 2.04. The van der Waals surface area contributed by atoms with Gasteiger partial charge in [-0.25, -0.2) is 0 Å². The summed E-state index contributed by atoms with van der Waals surface area (Å²) in [5.41, 5.74) is 1.60. The zero-order valence-electron chi connectivity index (χ0n) is 10.9. The smallest absolute Gasteiger partial charge is 0.171 e. The Morgan fingerprint density at radius 2 is 2.15 bits per heavy atom. The Labute approximate surface area is 133 Å². The summed E-state index contributed by atoms with van der Waals surface area (Å²) in [7, 11) is 0. The normalized spacial score (nSPS) is 10.3. The third-order valence-electron chi connectivity index (χ3n) is 2.63. The third kappa shape index (κ3) is 4.10. The zero-order chi connectivity index (χ0) is 14.5. The molecule has 0 radical (unpaired) electrons. The third-order valence-corrected chi connectivity index (χ3v) is 3.44. The Balaban J connectivity index is 1.90. The minimum Gasteiger partial charge on any atom is -0.357 e. The lowest BCUT2D eigenvalue weighted by atomic mass is 10.3. The molecule has 7 heteroatoms. The second-order valence-corrected chi connectivity index (χ2v) is 5.35. The van der Waals surface area contributed by atoms with Crippen LogP contribution in [-0.2, 0) is 13.1 Å². The van der Waals surface area contributed by atoms with Crippen molar-refractivity contribution >= 4 is 46.2 Å². The van der Waals surface area contributed by atoms with Crippen molar-refractivity contribution in [3.63, 3.8) is 0 Å². The van der Waals surface area contributed by atoms with Gasteiger partial charge in [0.05, 0.1) is 22.9 Å². The molecule has 1 aromatic carbocycles. The van der Waals surface area contributed by atoms with Crippen molar-refractivity contribution in [1.29, 1.82) is 0 Å². The predicted octanol–water partition coefficient (Wildman–Crippen LogP) is 3.70. The number of halogens is 2. The van der Waals surface area contributed by atoms with E-state index in [9.17, 15) is 0 Å². The van der Waals surface area contributed by atoms with Gasteiger partial charge in [0, 0.05) is 17.8 Å². The lowest BCUT2D eigenvalue weighted by molar-refractivity contribution is 0.643. The molecule has 2 aromatic rings. The molecule has 0 saturated heterocycles. The van der Waals surface area contributed by atoms with E-state index < -0.39 is 0 Å². The highest BCUT2D eigenvalue weighted by atomic mass is 35.5. The molecular formula is C13H14Cl2N4S. The Hall–Kier alpha value is -1.30. The first-order valence-corrected chi connectivity index (χ1v) is 7.27. The molecule has 0 fully saturated rings. The Kier molecular flexibility index (Phi) is 5.23. The number of benzene rings is 1. The molecule has 0 aliphatic heterocycles. The highest BCUT2D eigenvalue weighted by Crippen LogP contribution is 2.25. The van der Waals surface area contributed by atoms with E-state index in [4.69, 9.17) is 35.4 Å². The first-order chi connectivity index (χ1) is 9.58. The van der Waals surface area contributed by atoms with E-state index in [1.165, 1.54) is 0 Å². The molecule has 0 atom stereocenters. The van der Waals surface area contributed by atoms with Crippen LogP contribution in [-0.4, -0.2) is 14.9 Å². The number of nitrogens with one attached hydrogen (secondary N) is 2. The minimum absolute atomic E-state index is 0.472. The number of hydrogen-bond donors (Lipinski definition) is 2. The predicted molar refractivity (Wildman–Crippen MR) is 87.4 cm³/mol. The molecule has 0 aliphatic carbocycles. The fraction of sp³-hybridized carbons (Fsp3) is 0.231. The van der Waals surface area contributed by atoms with Crippen molar-refractivity contribution in [3.8, 4) is 0 Å². The van der Waals surface area contributed by atoms with Crippen LogP contribution in [0.4, 0.5) is 5.69 Å². The van der Waals surface area contributed by atoms with Gasteiger partial charge in [0.15, 0.2) is 5.11 Å². The molecule has 0 saturated carbocycles. The van der Waals surface area contributed by atoms with Gasteiger partial charge in [-0.05, 0) is 43.4 Å². The Bertz CT molecular complexity index is 612. The standard InChI is InChI=1S/C13H14Cl2N4S/c1-2-19-6-5-10(18-19)8-16-13(20)17-12-7-9(14)3-4-11(12)15/h3-7H,2,8H2,1H3,(H2,16,17,20). The summed E-state index contributed by atoms with van der Waals surface area (Å²) in [6.07, 6.45) is 1.93. The van der Waals surface area contributed by atoms with E-state index >= 15 is 0 Å². The Morgan fingerprint density at radius 3 is 2.85 bits per heavy atom. The highest BCUT2D eigenvalue weighted by molar-refractivity contribution is 7.80. The van der Waals surface area contributed by atoms with Gasteiger partial charge >= 0.3 is 0 Å². The van der Waals surface area contributed by atoms with E-state index in [0.717, 1.165) is 12.2 Å². The summed E-state index contributed by atoms with van der Waals surface area (Å²) in [5.74, 6) is 0. The molecule has 0 aliphatic rings. The summed E-state index contributed by atoms with van der Waals surface area (Å²) in [6.45, 7) is 3.44. The van der Waals surface area contributed by atoms with E-state index in [1.807, 2.05) is 23.9 Å². The van der Waals surface area contributed by atoms with Crippen LogP contribution in [0.2, 0.25) is 10.0 Å². The van der Waals surface area contributed by atoms with Gasteiger partial charge in [0.25, 0.3) is 0 Å². The van der Waals surface area contributed by atoms with Crippen molar-refractivity contribution in [2.24, 2.45) is 0 Å². The average molecular weight is 329 g/mol. The van der Waals surface area contributed by atoms with Gasteiger partial charge in [-0.15, -0.1) is 0 Å². The van der Waals surface area contributed by atoms with Crippen LogP contribution in [0.3, 0.4) is 0 Å². The summed E-state index contributed by atoms with van der Waals surface area (Å²) >= 11 is 17.2. The van der Waals surface area contributed by atoms with E-state index in [2.05, 4.69) is 15.7 Å². The minimum atomic E-state index is 0.472. The number of hydrogen-bond acceptors (Lipinski definition) is 2. The van der Waals surface area contributed by atoms with Crippen LogP contribution >= 0.6 is 35.4 Å². The lowest BCUT2D eigenvalue weighted by Gasteiger charge is -2.11. The van der Waals surface area contributed by atoms with Crippen LogP contribution in [0.1, 0.15) is 12.6 Å². The van der Waals surface area contributed by atoms with Crippen LogP contribution < -0.4 is 10.6 Å². The van der Waals surface area contributed by atoms with Crippen molar-refractivity contribution in [2.45, 2.75) is 20.0 Å². The fourth-order valence-electron chi connectivity index (χ4n) is 1.60. The first kappa shape index (κ1) is 15.1. The number of nitrogens with zero attached hydrogens (tertiary/aromatic N) is 2. The van der Waals surface area contributed by atoms with Crippen molar-refractivity contribution in [1.82, 2.24) is 15.1 Å². The second-order valence-electron chi connectivity index (χ2n) is 4.09. The molecule has 106 valence electrons. The quantitative estimate of drug-likeness (QED) is 0.840. The molecule has 0 bridgehead atoms. The lowest BCUT2D eigenvalue weighted by Crippen LogP contribution is -2.28. The van der Waals surface area contributed by atoms with E-state index in [-0.39, 0.29) is 0 Å². The van der Waals surface area contributed by atoms with E-state index in [1.54, 1.807) is 18.2 Å². The fourth-order valence-corrected chi connectivity index (χ4v) is 2.12. The van der Waals surface area contributed by atoms with Gasteiger partial charge in [0.1, 0.15) is 0 Å². The van der Waals surface area contributed by atoms with Gasteiger partial charge in [-0.3, -0.25) is 4.68 Å². The van der Waals surface area contributed by atoms with Crippen molar-refractivity contribution in [2.75, 3.05) is 5.32 Å². The summed E-state index contributed by atoms with van der Waals surface area (Å²) in [5, 5.41) is 12.1. The summed E-state index contributed by atoms with van der Waals surface area (Å²) in [6, 6.07) is 7.12. The van der Waals surface area contributed by atoms with Gasteiger partial charge in [-0.2, -0.15) is 5.10 Å². The summed E-state index contributed by atoms with van der Waals surface area (Å²) < 4.78 is 1.86. The van der Waals surface area contributed by atoms with Crippen molar-refractivity contribution < 1.29 is 0 Å². The maximum atomic E-state index is 6.06. The maximum Gasteiger partial charge on any atom is 0.171 e. The second kappa shape index (κ2) is 6.92. The average Bonchev–Trinajstić information content (AvgIpc) is 2.89. The van der Waals surface area contributed by atoms with Crippen LogP contribution in [0, 0.1) is 0 Å². The first-order valence-electron chi connectivity index (χ1n) is 6.10. The topological polar surface area (TPSA) is 41.9 Å². The summed E-state index contributed by atoms with van der Waals surface area (Å²) in [4.78, 5) is 0. The maximum absolute atomic E-state index is 6.06. The van der Waals surface area contributed by atoms with Gasteiger partial charge < -0.3 is 10.6 Å². The Morgan fingerprint density at radius 1 is 1.35 bits per heavy atom. The van der Waals surface area contributed by atoms with Crippen molar-refractivity contribution in [3.05, 3.63) is 46.2 Å². The van der Waals surface area contributed by atoms with Crippen LogP contribution in [0.15, 0.2) is 30.5 Å². The van der Waals surface area contributed by atoms with Gasteiger partial charge in [0.2, 0.25) is 0 Å². The molecule has 1 heterocycles. The van der Waals surface area contributed by atoms with E-state index in [0.29, 0.717) is 27.4 Å². The molecule has 2 rings (SSSR count). The molecule has 2 N–H and O–H groups in total. The monoisotopic (exact) mass is 328 g/mol. The molecule has 0 spiro atoms. The molecule has 4 nitrogen and oxygen atoms in total. The van der Waals surface area contributed by atoms with Gasteiger partial charge in [-0.1, -0.05) is 23.2 Å². The molecular weight excluding hydrogens is 315 g/mol. The number of rotatable bonds is 4. The number of aryl methyl sites for hydroxylation is 1. The molecule has 0 amide bonds. The number of thiocarbonyl (C=S) groups is 1. The van der Waals surface area contributed by atoms with Crippen LogP contribution in [0.25, 0.3) is 0 Å². The SMILES string of the molecule is CCn1ccc(CNC(=S)Nc2cc(Cl)ccc2Cl)n1. The number of anilines is 1. The molecule has 20 heavy (non-hydrogen) atoms. The zero-order valence-corrected chi connectivity index (χ0v) is 13.2. The molecule has 1 aromatic heterocycles. The number of aromatic nitrogens is 2.